The van der Waals surface area contributed by atoms with Gasteiger partial charge in [-0.3, -0.25) is 19.4 Å². The van der Waals surface area contributed by atoms with Crippen LogP contribution in [0, 0.1) is 0 Å². The van der Waals surface area contributed by atoms with E-state index < -0.39 is 36.8 Å². The maximum Gasteiger partial charge on any atom is 0.490 e. The van der Waals surface area contributed by atoms with E-state index in [1.807, 2.05) is 36.4 Å². The lowest BCUT2D eigenvalue weighted by Crippen LogP contribution is -2.30. The molecule has 0 aliphatic carbocycles. The van der Waals surface area contributed by atoms with E-state index in [0.717, 1.165) is 11.3 Å². The number of carbonyl (C=O) groups is 5. The number of nitrogens with one attached hydrogen (secondary N) is 4. The van der Waals surface area contributed by atoms with Crippen molar-refractivity contribution in [2.45, 2.75) is 12.4 Å². The second kappa shape index (κ2) is 23.9. The van der Waals surface area contributed by atoms with Crippen LogP contribution in [0.3, 0.4) is 0 Å². The van der Waals surface area contributed by atoms with Gasteiger partial charge in [-0.25, -0.2) is 14.3 Å². The highest BCUT2D eigenvalue weighted by molar-refractivity contribution is 8.08. The number of hydrogen-bond acceptors (Lipinski definition) is 10. The van der Waals surface area contributed by atoms with E-state index in [1.54, 1.807) is 85.8 Å². The summed E-state index contributed by atoms with van der Waals surface area (Å²) >= 11 is 5.20. The van der Waals surface area contributed by atoms with E-state index in [9.17, 15) is 45.6 Å². The van der Waals surface area contributed by atoms with Crippen LogP contribution in [0.5, 0.6) is 5.75 Å². The van der Waals surface area contributed by atoms with Crippen molar-refractivity contribution >= 4 is 71.6 Å². The van der Waals surface area contributed by atoms with E-state index in [2.05, 4.69) is 26.3 Å². The van der Waals surface area contributed by atoms with Gasteiger partial charge in [-0.05, 0) is 73.9 Å². The summed E-state index contributed by atoms with van der Waals surface area (Å²) in [6.45, 7) is -1.82. The second-order valence-corrected chi connectivity index (χ2v) is 16.0. The molecule has 3 amide bonds. The van der Waals surface area contributed by atoms with Gasteiger partial charge in [0, 0.05) is 52.3 Å². The number of aryl methyl sites for hydroxylation is 2. The van der Waals surface area contributed by atoms with Gasteiger partial charge in [0.25, 0.3) is 24.4 Å². The highest BCUT2D eigenvalue weighted by atomic mass is 32.5. The molecule has 0 radical (unpaired) electrons. The van der Waals surface area contributed by atoms with E-state index in [1.165, 1.54) is 6.20 Å². The maximum atomic E-state index is 13.1. The number of likely N-dealkylation sites (N-methyl/N-ethyl adjacent to an activating group) is 2. The Morgan fingerprint density at radius 3 is 1.79 bits per heavy atom. The number of methoxy groups -OCH3 is 1. The van der Waals surface area contributed by atoms with Gasteiger partial charge >= 0.3 is 24.3 Å². The first-order chi connectivity index (χ1) is 29.3. The molecule has 344 valence electrons. The summed E-state index contributed by atoms with van der Waals surface area (Å²) in [5.41, 5.74) is 3.46. The van der Waals surface area contributed by atoms with Crippen LogP contribution >= 0.6 is 6.64 Å². The van der Waals surface area contributed by atoms with Gasteiger partial charge in [0.15, 0.2) is 0 Å². The van der Waals surface area contributed by atoms with Crippen molar-refractivity contribution in [3.8, 4) is 5.75 Å². The molecule has 7 N–H and O–H groups in total. The predicted molar refractivity (Wildman–Crippen MR) is 222 cm³/mol. The fourth-order valence-corrected chi connectivity index (χ4v) is 5.92. The predicted octanol–water partition coefficient (Wildman–Crippen LogP) is 4.82. The number of carbonyl (C=O) groups excluding carboxylic acids is 3. The molecular formula is C37H43F6N8O10PS. The summed E-state index contributed by atoms with van der Waals surface area (Å²) in [5, 5.41) is 25.6. The summed E-state index contributed by atoms with van der Waals surface area (Å²) in [4.78, 5) is 71.4. The summed E-state index contributed by atoms with van der Waals surface area (Å²) in [7, 11) is 8.47. The molecule has 1 unspecified atom stereocenters. The second-order valence-electron chi connectivity index (χ2n) is 12.6. The molecule has 0 spiro atoms. The third-order valence-corrected chi connectivity index (χ3v) is 10.6. The monoisotopic (exact) mass is 936 g/mol. The molecule has 0 aliphatic heterocycles. The lowest BCUT2D eigenvalue weighted by Gasteiger charge is -2.26. The SMILES string of the molecule is CNCCN(C)P(O)(=S)OCCNC(=O)c1cc(NC(=O)c2cc(NC(=O)c3ccc(/C=C/c4ccc(OC)cc4)nc3)cn2C)cn1C.O=C(O)C(F)(F)F.O=C(O)C(F)(F)F. The largest absolute Gasteiger partial charge is 0.497 e. The van der Waals surface area contributed by atoms with Crippen LogP contribution in [-0.4, -0.2) is 123 Å². The Kier molecular flexibility index (Phi) is 20.1. The Balaban J connectivity index is 0.000000838. The number of rotatable bonds is 16. The van der Waals surface area contributed by atoms with Crippen molar-refractivity contribution in [2.24, 2.45) is 14.1 Å². The van der Waals surface area contributed by atoms with E-state index >= 15 is 0 Å². The summed E-state index contributed by atoms with van der Waals surface area (Å²) in [6.07, 6.45) is -1.67. The van der Waals surface area contributed by atoms with Crippen LogP contribution in [-0.2, 0) is 40.0 Å². The maximum absolute atomic E-state index is 13.1. The normalized spacial score (nSPS) is 12.3. The quantitative estimate of drug-likeness (QED) is 0.0453. The van der Waals surface area contributed by atoms with Gasteiger partial charge < -0.3 is 54.8 Å². The number of pyridine rings is 1. The highest BCUT2D eigenvalue weighted by Crippen LogP contribution is 2.44. The van der Waals surface area contributed by atoms with Crippen LogP contribution < -0.4 is 26.0 Å². The molecule has 1 atom stereocenters. The average molecular weight is 937 g/mol. The molecule has 3 aromatic heterocycles. The zero-order chi connectivity index (χ0) is 47.7. The Morgan fingerprint density at radius 1 is 0.825 bits per heavy atom. The molecule has 26 heteroatoms. The third kappa shape index (κ3) is 18.0. The van der Waals surface area contributed by atoms with Gasteiger partial charge in [-0.15, -0.1) is 0 Å². The van der Waals surface area contributed by atoms with Gasteiger partial charge in [0.1, 0.15) is 17.1 Å². The molecule has 63 heavy (non-hydrogen) atoms. The minimum Gasteiger partial charge on any atom is -0.497 e. The van der Waals surface area contributed by atoms with Crippen LogP contribution in [0.2, 0.25) is 0 Å². The van der Waals surface area contributed by atoms with E-state index in [0.29, 0.717) is 47.1 Å². The van der Waals surface area contributed by atoms with Crippen LogP contribution in [0.15, 0.2) is 67.1 Å². The van der Waals surface area contributed by atoms with Gasteiger partial charge in [-0.2, -0.15) is 26.3 Å². The third-order valence-electron chi connectivity index (χ3n) is 7.85. The van der Waals surface area contributed by atoms with Crippen molar-refractivity contribution < 1.29 is 74.7 Å². The first-order valence-electron chi connectivity index (χ1n) is 17.7. The highest BCUT2D eigenvalue weighted by Gasteiger charge is 2.39. The standard InChI is InChI=1S/C33H41N8O6PS.2C2HF3O2/c1-34-14-16-41(4)48(45,49)47-17-15-35-32(43)29-18-27(22-39(29)2)38-33(44)30-19-26(21-40(30)3)37-31(42)24-9-11-25(36-20-24)10-6-23-7-12-28(46-5)13-8-23;2*3-2(4,5)1(6)7/h6-13,18-22,34H,14-17H2,1-5H3,(H,35,43)(H,37,42)(H,38,44)(H,45,49);2*(H,6,7)/b10-6+;;. The number of alkyl halides is 6. The zero-order valence-electron chi connectivity index (χ0n) is 33.9. The number of aromatic nitrogens is 3. The number of amides is 3. The molecule has 3 heterocycles. The molecule has 4 rings (SSSR count). The Labute approximate surface area is 360 Å². The van der Waals surface area contributed by atoms with Crippen molar-refractivity contribution in [3.05, 3.63) is 95.3 Å². The number of carboxylic acids is 2. The summed E-state index contributed by atoms with van der Waals surface area (Å²) < 4.78 is 78.9. The lowest BCUT2D eigenvalue weighted by atomic mass is 10.1. The van der Waals surface area contributed by atoms with Crippen LogP contribution in [0.4, 0.5) is 37.7 Å². The molecule has 0 aliphatic rings. The van der Waals surface area contributed by atoms with E-state index in [-0.39, 0.29) is 25.0 Å². The minimum atomic E-state index is -5.08. The van der Waals surface area contributed by atoms with E-state index in [4.69, 9.17) is 40.9 Å². The molecule has 18 nitrogen and oxygen atoms in total. The molecule has 0 saturated carbocycles. The lowest BCUT2D eigenvalue weighted by molar-refractivity contribution is -0.193. The van der Waals surface area contributed by atoms with Crippen molar-refractivity contribution in [1.29, 1.82) is 0 Å². The van der Waals surface area contributed by atoms with Crippen LogP contribution in [0.25, 0.3) is 12.2 Å². The number of halogens is 6. The van der Waals surface area contributed by atoms with Crippen molar-refractivity contribution in [3.63, 3.8) is 0 Å². The number of anilines is 2. The first kappa shape index (κ1) is 53.0. The molecule has 0 fully saturated rings. The first-order valence-corrected chi connectivity index (χ1v) is 20.4. The number of aliphatic carboxylic acids is 2. The fourth-order valence-electron chi connectivity index (χ4n) is 4.57. The fraction of sp³-hybridized carbons (Fsp3) is 0.297. The smallest absolute Gasteiger partial charge is 0.490 e. The number of carboxylic acid groups (broad SMARTS) is 2. The molecule has 4 aromatic rings. The van der Waals surface area contributed by atoms with Gasteiger partial charge in [-0.1, -0.05) is 18.2 Å². The number of ether oxygens (including phenoxy) is 1. The molecule has 0 bridgehead atoms. The molecule has 1 aromatic carbocycles. The topological polar surface area (TPSA) is 239 Å². The van der Waals surface area contributed by atoms with Crippen LogP contribution in [0.1, 0.15) is 42.6 Å². The Hall–Kier alpha value is -6.11. The van der Waals surface area contributed by atoms with Gasteiger partial charge in [0.05, 0.1) is 36.3 Å². The van der Waals surface area contributed by atoms with Crippen molar-refractivity contribution in [1.82, 2.24) is 29.4 Å². The number of hydrogen-bond donors (Lipinski definition) is 7. The molecule has 0 saturated heterocycles. The summed E-state index contributed by atoms with van der Waals surface area (Å²) in [6, 6.07) is 14.1. The average Bonchev–Trinajstić information content (AvgIpc) is 3.77. The Bertz CT molecular complexity index is 2240. The number of nitrogens with zero attached hydrogens (tertiary/aromatic N) is 4. The summed E-state index contributed by atoms with van der Waals surface area (Å²) in [5.74, 6) is -5.93. The zero-order valence-corrected chi connectivity index (χ0v) is 35.7. The van der Waals surface area contributed by atoms with Gasteiger partial charge in [0.2, 0.25) is 0 Å². The van der Waals surface area contributed by atoms with Crippen molar-refractivity contribution in [2.75, 3.05) is 58.1 Å². The molecular weight excluding hydrogens is 893 g/mol. The number of benzene rings is 1. The minimum absolute atomic E-state index is 0.0360. The Morgan fingerprint density at radius 2 is 1.33 bits per heavy atom.